The van der Waals surface area contributed by atoms with Crippen molar-refractivity contribution in [1.29, 1.82) is 0 Å². The van der Waals surface area contributed by atoms with Crippen LogP contribution in [-0.2, 0) is 0 Å². The van der Waals surface area contributed by atoms with Crippen molar-refractivity contribution in [2.24, 2.45) is 5.92 Å². The highest BCUT2D eigenvalue weighted by Gasteiger charge is 2.14. The van der Waals surface area contributed by atoms with Gasteiger partial charge in [0.1, 0.15) is 5.82 Å². The Balaban J connectivity index is 1.90. The minimum atomic E-state index is 0.282. The second kappa shape index (κ2) is 6.07. The number of nitrogens with one attached hydrogen (secondary N) is 1. The molecule has 6 heteroatoms. The predicted octanol–water partition coefficient (Wildman–Crippen LogP) is 3.45. The zero-order valence-electron chi connectivity index (χ0n) is 8.75. The van der Waals surface area contributed by atoms with Gasteiger partial charge in [-0.25, -0.2) is 4.98 Å². The number of nitrogens with zero attached hydrogens (tertiary/aromatic N) is 2. The summed E-state index contributed by atoms with van der Waals surface area (Å²) in [4.78, 5) is 8.05. The SMILES string of the molecule is Clc1ncc(Br)c(NCC2CCSCC2)n1. The van der Waals surface area contributed by atoms with Crippen molar-refractivity contribution in [3.63, 3.8) is 0 Å². The van der Waals surface area contributed by atoms with Crippen LogP contribution in [-0.4, -0.2) is 28.0 Å². The largest absolute Gasteiger partial charge is 0.369 e. The summed E-state index contributed by atoms with van der Waals surface area (Å²) in [6.07, 6.45) is 4.25. The van der Waals surface area contributed by atoms with Gasteiger partial charge in [-0.15, -0.1) is 0 Å². The van der Waals surface area contributed by atoms with E-state index in [0.29, 0.717) is 0 Å². The van der Waals surface area contributed by atoms with E-state index in [2.05, 4.69) is 31.2 Å². The molecule has 88 valence electrons. The minimum absolute atomic E-state index is 0.282. The lowest BCUT2D eigenvalue weighted by Gasteiger charge is -2.21. The fraction of sp³-hybridized carbons (Fsp3) is 0.600. The molecule has 2 rings (SSSR count). The molecule has 1 N–H and O–H groups in total. The molecule has 1 aromatic rings. The first kappa shape index (κ1) is 12.5. The van der Waals surface area contributed by atoms with E-state index in [0.717, 1.165) is 22.8 Å². The van der Waals surface area contributed by atoms with E-state index < -0.39 is 0 Å². The summed E-state index contributed by atoms with van der Waals surface area (Å²) in [6, 6.07) is 0. The molecule has 1 aliphatic rings. The maximum Gasteiger partial charge on any atom is 0.224 e. The predicted molar refractivity (Wildman–Crippen MR) is 73.3 cm³/mol. The molecule has 16 heavy (non-hydrogen) atoms. The third-order valence-corrected chi connectivity index (χ3v) is 4.42. The molecule has 1 aliphatic heterocycles. The first-order valence-electron chi connectivity index (χ1n) is 5.25. The average molecular weight is 323 g/mol. The van der Waals surface area contributed by atoms with Crippen molar-refractivity contribution in [2.45, 2.75) is 12.8 Å². The molecule has 1 fully saturated rings. The molecule has 2 heterocycles. The van der Waals surface area contributed by atoms with Gasteiger partial charge in [-0.2, -0.15) is 16.7 Å². The fourth-order valence-corrected chi connectivity index (χ4v) is 3.33. The summed E-state index contributed by atoms with van der Waals surface area (Å²) >= 11 is 11.2. The second-order valence-corrected chi connectivity index (χ2v) is 6.19. The van der Waals surface area contributed by atoms with Gasteiger partial charge in [-0.3, -0.25) is 0 Å². The molecule has 1 aromatic heterocycles. The van der Waals surface area contributed by atoms with Gasteiger partial charge >= 0.3 is 0 Å². The molecule has 0 aromatic carbocycles. The van der Waals surface area contributed by atoms with Crippen LogP contribution in [0.15, 0.2) is 10.7 Å². The van der Waals surface area contributed by atoms with E-state index in [1.165, 1.54) is 24.3 Å². The van der Waals surface area contributed by atoms with Crippen molar-refractivity contribution in [3.8, 4) is 0 Å². The standard InChI is InChI=1S/C10H13BrClN3S/c11-8-6-14-10(12)15-9(8)13-5-7-1-3-16-4-2-7/h6-7H,1-5H2,(H,13,14,15). The molecule has 0 aliphatic carbocycles. The first-order chi connectivity index (χ1) is 7.75. The maximum absolute atomic E-state index is 5.75. The summed E-state index contributed by atoms with van der Waals surface area (Å²) in [5, 5.41) is 3.61. The Morgan fingerprint density at radius 1 is 1.50 bits per heavy atom. The van der Waals surface area contributed by atoms with Crippen LogP contribution < -0.4 is 5.32 Å². The average Bonchev–Trinajstić information content (AvgIpc) is 2.32. The van der Waals surface area contributed by atoms with Gasteiger partial charge in [-0.05, 0) is 57.8 Å². The number of thioether (sulfide) groups is 1. The minimum Gasteiger partial charge on any atom is -0.369 e. The van der Waals surface area contributed by atoms with Crippen LogP contribution in [0, 0.1) is 5.92 Å². The number of hydrogen-bond acceptors (Lipinski definition) is 4. The highest BCUT2D eigenvalue weighted by Crippen LogP contribution is 2.25. The zero-order valence-corrected chi connectivity index (χ0v) is 11.9. The molecule has 0 amide bonds. The maximum atomic E-state index is 5.75. The topological polar surface area (TPSA) is 37.8 Å². The van der Waals surface area contributed by atoms with Crippen LogP contribution in [0.1, 0.15) is 12.8 Å². The Morgan fingerprint density at radius 2 is 2.25 bits per heavy atom. The molecular weight excluding hydrogens is 310 g/mol. The molecule has 1 saturated heterocycles. The molecule has 0 unspecified atom stereocenters. The number of halogens is 2. The third-order valence-electron chi connectivity index (χ3n) is 2.61. The van der Waals surface area contributed by atoms with Gasteiger partial charge in [0.2, 0.25) is 5.28 Å². The van der Waals surface area contributed by atoms with E-state index in [-0.39, 0.29) is 5.28 Å². The summed E-state index contributed by atoms with van der Waals surface area (Å²) in [5.41, 5.74) is 0. The molecule has 0 bridgehead atoms. The smallest absolute Gasteiger partial charge is 0.224 e. The van der Waals surface area contributed by atoms with Crippen LogP contribution in [0.2, 0.25) is 5.28 Å². The fourth-order valence-electron chi connectivity index (χ4n) is 1.66. The molecule has 3 nitrogen and oxygen atoms in total. The van der Waals surface area contributed by atoms with Crippen LogP contribution in [0.5, 0.6) is 0 Å². The number of rotatable bonds is 3. The summed E-state index contributed by atoms with van der Waals surface area (Å²) in [7, 11) is 0. The van der Waals surface area contributed by atoms with Gasteiger partial charge in [0.25, 0.3) is 0 Å². The Kier molecular flexibility index (Phi) is 4.73. The molecule has 0 spiro atoms. The number of anilines is 1. The van der Waals surface area contributed by atoms with Crippen molar-refractivity contribution >= 4 is 45.1 Å². The van der Waals surface area contributed by atoms with Gasteiger partial charge in [0, 0.05) is 12.7 Å². The molecule has 0 saturated carbocycles. The quantitative estimate of drug-likeness (QED) is 0.865. The lowest BCUT2D eigenvalue weighted by Crippen LogP contribution is -2.19. The lowest BCUT2D eigenvalue weighted by molar-refractivity contribution is 0.515. The Bertz CT molecular complexity index is 358. The van der Waals surface area contributed by atoms with Gasteiger partial charge in [-0.1, -0.05) is 0 Å². The summed E-state index contributed by atoms with van der Waals surface area (Å²) in [5.74, 6) is 4.09. The summed E-state index contributed by atoms with van der Waals surface area (Å²) in [6.45, 7) is 0.965. The van der Waals surface area contributed by atoms with Crippen LogP contribution in [0.3, 0.4) is 0 Å². The second-order valence-electron chi connectivity index (χ2n) is 3.77. The monoisotopic (exact) mass is 321 g/mol. The third kappa shape index (κ3) is 3.50. The van der Waals surface area contributed by atoms with Crippen LogP contribution in [0.4, 0.5) is 5.82 Å². The highest BCUT2D eigenvalue weighted by atomic mass is 79.9. The Morgan fingerprint density at radius 3 is 3.00 bits per heavy atom. The van der Waals surface area contributed by atoms with Crippen LogP contribution in [0.25, 0.3) is 0 Å². The van der Waals surface area contributed by atoms with Crippen molar-refractivity contribution in [2.75, 3.05) is 23.4 Å². The van der Waals surface area contributed by atoms with E-state index >= 15 is 0 Å². The van der Waals surface area contributed by atoms with E-state index in [9.17, 15) is 0 Å². The van der Waals surface area contributed by atoms with Crippen molar-refractivity contribution in [3.05, 3.63) is 16.0 Å². The number of hydrogen-bond donors (Lipinski definition) is 1. The van der Waals surface area contributed by atoms with E-state index in [1.54, 1.807) is 6.20 Å². The molecule has 0 radical (unpaired) electrons. The number of aromatic nitrogens is 2. The van der Waals surface area contributed by atoms with Crippen molar-refractivity contribution < 1.29 is 0 Å². The molecule has 0 atom stereocenters. The van der Waals surface area contributed by atoms with Gasteiger partial charge < -0.3 is 5.32 Å². The highest BCUT2D eigenvalue weighted by molar-refractivity contribution is 9.10. The molecular formula is C10H13BrClN3S. The first-order valence-corrected chi connectivity index (χ1v) is 7.58. The normalized spacial score (nSPS) is 17.4. The van der Waals surface area contributed by atoms with Gasteiger partial charge in [0.15, 0.2) is 0 Å². The van der Waals surface area contributed by atoms with E-state index in [1.807, 2.05) is 11.8 Å². The Hall–Kier alpha value is -0.000000000000000111. The van der Waals surface area contributed by atoms with E-state index in [4.69, 9.17) is 11.6 Å². The van der Waals surface area contributed by atoms with Gasteiger partial charge in [0.05, 0.1) is 4.47 Å². The van der Waals surface area contributed by atoms with Crippen molar-refractivity contribution in [1.82, 2.24) is 9.97 Å². The Labute approximate surface area is 113 Å². The summed E-state index contributed by atoms with van der Waals surface area (Å²) < 4.78 is 0.863. The zero-order chi connectivity index (χ0) is 11.4. The lowest BCUT2D eigenvalue weighted by atomic mass is 10.0. The van der Waals surface area contributed by atoms with Crippen LogP contribution >= 0.6 is 39.3 Å².